The summed E-state index contributed by atoms with van der Waals surface area (Å²) in [4.78, 5) is 22.4. The second kappa shape index (κ2) is 6.48. The fourth-order valence-corrected chi connectivity index (χ4v) is 1.20. The summed E-state index contributed by atoms with van der Waals surface area (Å²) in [5.41, 5.74) is 5.74. The molecule has 5 nitrogen and oxygen atoms in total. The van der Waals surface area contributed by atoms with E-state index in [9.17, 15) is 9.59 Å². The molecule has 1 amide bonds. The van der Waals surface area contributed by atoms with Gasteiger partial charge in [-0.3, -0.25) is 4.79 Å². The zero-order valence-corrected chi connectivity index (χ0v) is 10.4. The van der Waals surface area contributed by atoms with Gasteiger partial charge in [0.15, 0.2) is 0 Å². The van der Waals surface area contributed by atoms with Crippen LogP contribution >= 0.6 is 0 Å². The van der Waals surface area contributed by atoms with E-state index in [1.807, 2.05) is 13.8 Å². The van der Waals surface area contributed by atoms with Gasteiger partial charge in [-0.15, -0.1) is 0 Å². The van der Waals surface area contributed by atoms with Gasteiger partial charge in [-0.05, 0) is 11.8 Å². The lowest BCUT2D eigenvalue weighted by Gasteiger charge is -2.20. The summed E-state index contributed by atoms with van der Waals surface area (Å²) in [6, 6.07) is -1.08. The van der Waals surface area contributed by atoms with Gasteiger partial charge in [-0.1, -0.05) is 27.7 Å². The number of rotatable bonds is 6. The number of hydrogen-bond acceptors (Lipinski definition) is 3. The van der Waals surface area contributed by atoms with Gasteiger partial charge in [0.25, 0.3) is 0 Å². The van der Waals surface area contributed by atoms with Gasteiger partial charge in [-0.2, -0.15) is 0 Å². The van der Waals surface area contributed by atoms with Crippen LogP contribution in [0, 0.1) is 11.8 Å². The monoisotopic (exact) mass is 230 g/mol. The third-order valence-corrected chi connectivity index (χ3v) is 2.53. The van der Waals surface area contributed by atoms with Gasteiger partial charge < -0.3 is 16.2 Å². The highest BCUT2D eigenvalue weighted by Crippen LogP contribution is 2.05. The molecule has 0 heterocycles. The minimum Gasteiger partial charge on any atom is -0.480 e. The van der Waals surface area contributed by atoms with Crippen molar-refractivity contribution < 1.29 is 14.7 Å². The minimum absolute atomic E-state index is 0.142. The van der Waals surface area contributed by atoms with Crippen LogP contribution in [0.5, 0.6) is 0 Å². The Balaban J connectivity index is 4.26. The molecule has 2 atom stereocenters. The molecule has 5 heteroatoms. The first kappa shape index (κ1) is 14.9. The highest BCUT2D eigenvalue weighted by Gasteiger charge is 2.24. The fourth-order valence-electron chi connectivity index (χ4n) is 1.20. The second-order valence-corrected chi connectivity index (χ2v) is 4.74. The lowest BCUT2D eigenvalue weighted by molar-refractivity contribution is -0.143. The Kier molecular flexibility index (Phi) is 6.03. The maximum Gasteiger partial charge on any atom is 0.326 e. The average Bonchev–Trinajstić information content (AvgIpc) is 2.12. The van der Waals surface area contributed by atoms with Crippen LogP contribution in [0.3, 0.4) is 0 Å². The number of amides is 1. The van der Waals surface area contributed by atoms with E-state index in [1.54, 1.807) is 13.8 Å². The number of carboxylic acid groups (broad SMARTS) is 1. The summed E-state index contributed by atoms with van der Waals surface area (Å²) in [5.74, 6) is -1.26. The Labute approximate surface area is 96.4 Å². The number of carboxylic acids is 1. The van der Waals surface area contributed by atoms with E-state index in [1.165, 1.54) is 0 Å². The molecule has 0 spiro atoms. The summed E-state index contributed by atoms with van der Waals surface area (Å²) < 4.78 is 0. The second-order valence-electron chi connectivity index (χ2n) is 4.74. The van der Waals surface area contributed by atoms with Gasteiger partial charge in [0.1, 0.15) is 6.04 Å². The molecule has 0 aromatic rings. The third kappa shape index (κ3) is 5.11. The average molecular weight is 230 g/mol. The molecule has 0 aromatic carbocycles. The van der Waals surface area contributed by atoms with E-state index in [0.717, 1.165) is 0 Å². The van der Waals surface area contributed by atoms with Crippen LogP contribution in [0.4, 0.5) is 0 Å². The molecular weight excluding hydrogens is 208 g/mol. The Morgan fingerprint density at radius 2 is 1.69 bits per heavy atom. The van der Waals surface area contributed by atoms with Crippen molar-refractivity contribution in [3.05, 3.63) is 0 Å². The Bertz CT molecular complexity index is 252. The van der Waals surface area contributed by atoms with E-state index >= 15 is 0 Å². The van der Waals surface area contributed by atoms with E-state index in [4.69, 9.17) is 10.8 Å². The lowest BCUT2D eigenvalue weighted by atomic mass is 10.0. The van der Waals surface area contributed by atoms with Crippen molar-refractivity contribution in [3.8, 4) is 0 Å². The van der Waals surface area contributed by atoms with E-state index in [-0.39, 0.29) is 30.2 Å². The number of aliphatic carboxylic acids is 1. The first-order valence-corrected chi connectivity index (χ1v) is 5.53. The molecule has 94 valence electrons. The SMILES string of the molecule is CC(C)C(N)CC(=O)N[C@H](C(=O)O)C(C)C. The molecule has 0 aliphatic rings. The fraction of sp³-hybridized carbons (Fsp3) is 0.818. The van der Waals surface area contributed by atoms with Gasteiger partial charge in [0, 0.05) is 12.5 Å². The molecule has 0 fully saturated rings. The van der Waals surface area contributed by atoms with Crippen molar-refractivity contribution in [2.24, 2.45) is 17.6 Å². The zero-order chi connectivity index (χ0) is 12.9. The number of hydrogen-bond donors (Lipinski definition) is 3. The number of nitrogens with one attached hydrogen (secondary N) is 1. The third-order valence-electron chi connectivity index (χ3n) is 2.53. The van der Waals surface area contributed by atoms with Gasteiger partial charge in [-0.25, -0.2) is 4.79 Å². The van der Waals surface area contributed by atoms with Crippen LogP contribution in [0.1, 0.15) is 34.1 Å². The predicted octanol–water partition coefficient (Wildman–Crippen LogP) is 0.585. The first-order valence-electron chi connectivity index (χ1n) is 5.53. The maximum absolute atomic E-state index is 11.5. The van der Waals surface area contributed by atoms with Crippen LogP contribution in [0.25, 0.3) is 0 Å². The van der Waals surface area contributed by atoms with Crippen molar-refractivity contribution in [2.45, 2.75) is 46.2 Å². The molecule has 0 aromatic heterocycles. The predicted molar refractivity (Wildman–Crippen MR) is 61.8 cm³/mol. The standard InChI is InChI=1S/C11H22N2O3/c1-6(2)8(12)5-9(14)13-10(7(3)4)11(15)16/h6-8,10H,5,12H2,1-4H3,(H,13,14)(H,15,16)/t8?,10-/m0/s1. The zero-order valence-electron chi connectivity index (χ0n) is 10.4. The molecule has 0 saturated heterocycles. The van der Waals surface area contributed by atoms with E-state index in [0.29, 0.717) is 0 Å². The molecule has 16 heavy (non-hydrogen) atoms. The molecule has 0 rings (SSSR count). The summed E-state index contributed by atoms with van der Waals surface area (Å²) in [6.07, 6.45) is 0.161. The van der Waals surface area contributed by atoms with Gasteiger partial charge in [0.05, 0.1) is 0 Å². The van der Waals surface area contributed by atoms with Gasteiger partial charge in [0.2, 0.25) is 5.91 Å². The van der Waals surface area contributed by atoms with Crippen molar-refractivity contribution in [3.63, 3.8) is 0 Å². The highest BCUT2D eigenvalue weighted by molar-refractivity contribution is 5.83. The van der Waals surface area contributed by atoms with Crippen LogP contribution in [-0.2, 0) is 9.59 Å². The number of nitrogens with two attached hydrogens (primary N) is 1. The van der Waals surface area contributed by atoms with E-state index in [2.05, 4.69) is 5.32 Å². The molecule has 0 aliphatic heterocycles. The maximum atomic E-state index is 11.5. The smallest absolute Gasteiger partial charge is 0.326 e. The molecule has 0 bridgehead atoms. The minimum atomic E-state index is -1.01. The van der Waals surface area contributed by atoms with Crippen molar-refractivity contribution in [1.29, 1.82) is 0 Å². The molecular formula is C11H22N2O3. The van der Waals surface area contributed by atoms with Gasteiger partial charge >= 0.3 is 5.97 Å². The lowest BCUT2D eigenvalue weighted by Crippen LogP contribution is -2.46. The molecule has 0 saturated carbocycles. The van der Waals surface area contributed by atoms with Crippen LogP contribution < -0.4 is 11.1 Å². The van der Waals surface area contributed by atoms with Crippen molar-refractivity contribution in [2.75, 3.05) is 0 Å². The molecule has 1 unspecified atom stereocenters. The van der Waals surface area contributed by atoms with E-state index < -0.39 is 12.0 Å². The quantitative estimate of drug-likeness (QED) is 0.622. The topological polar surface area (TPSA) is 92.4 Å². The summed E-state index contributed by atoms with van der Waals surface area (Å²) in [7, 11) is 0. The number of carbonyl (C=O) groups is 2. The summed E-state index contributed by atoms with van der Waals surface area (Å²) in [6.45, 7) is 7.35. The first-order chi connectivity index (χ1) is 7.25. The Morgan fingerprint density at radius 1 is 1.19 bits per heavy atom. The molecule has 4 N–H and O–H groups in total. The molecule has 0 aliphatic carbocycles. The highest BCUT2D eigenvalue weighted by atomic mass is 16.4. The Hall–Kier alpha value is -1.10. The van der Waals surface area contributed by atoms with Crippen molar-refractivity contribution >= 4 is 11.9 Å². The normalized spacial score (nSPS) is 14.9. The van der Waals surface area contributed by atoms with Crippen molar-refractivity contribution in [1.82, 2.24) is 5.32 Å². The summed E-state index contributed by atoms with van der Waals surface area (Å²) >= 11 is 0. The Morgan fingerprint density at radius 3 is 2.00 bits per heavy atom. The largest absolute Gasteiger partial charge is 0.480 e. The van der Waals surface area contributed by atoms with Crippen LogP contribution in [-0.4, -0.2) is 29.1 Å². The molecule has 0 radical (unpaired) electrons. The van der Waals surface area contributed by atoms with Crippen LogP contribution in [0.15, 0.2) is 0 Å². The number of carbonyl (C=O) groups excluding carboxylic acids is 1. The summed E-state index contributed by atoms with van der Waals surface area (Å²) in [5, 5.41) is 11.4. The van der Waals surface area contributed by atoms with Crippen LogP contribution in [0.2, 0.25) is 0 Å².